The van der Waals surface area contributed by atoms with Gasteiger partial charge in [-0.05, 0) is 24.1 Å². The average molecular weight is 286 g/mol. The minimum atomic E-state index is -0.673. The molecule has 5 nitrogen and oxygen atoms in total. The number of carbonyl (C=O) groups excluding carboxylic acids is 1. The van der Waals surface area contributed by atoms with Crippen LogP contribution >= 0.6 is 0 Å². The highest BCUT2D eigenvalue weighted by atomic mass is 16.3. The molecule has 0 heterocycles. The molecule has 21 heavy (non-hydrogen) atoms. The van der Waals surface area contributed by atoms with E-state index in [9.17, 15) is 15.0 Å². The van der Waals surface area contributed by atoms with Crippen LogP contribution in [0.25, 0.3) is 0 Å². The van der Waals surface area contributed by atoms with Gasteiger partial charge in [-0.3, -0.25) is 4.79 Å². The number of aromatic hydroxyl groups is 2. The van der Waals surface area contributed by atoms with Gasteiger partial charge in [-0.1, -0.05) is 30.3 Å². The maximum atomic E-state index is 12.3. The summed E-state index contributed by atoms with van der Waals surface area (Å²) >= 11 is 0. The molecule has 0 radical (unpaired) electrons. The normalized spacial score (nSPS) is 11.9. The number of nitrogens with zero attached hydrogens (tertiary/aromatic N) is 1. The molecule has 2 aromatic rings. The fourth-order valence-corrected chi connectivity index (χ4v) is 2.05. The second-order valence-electron chi connectivity index (χ2n) is 4.87. The maximum absolute atomic E-state index is 12.3. The molecule has 0 aliphatic rings. The van der Waals surface area contributed by atoms with E-state index in [-0.39, 0.29) is 17.4 Å². The first-order valence-electron chi connectivity index (χ1n) is 6.58. The second-order valence-corrected chi connectivity index (χ2v) is 4.87. The molecular formula is C16H18N2O3. The molecule has 0 saturated heterocycles. The number of rotatable bonds is 4. The fraction of sp³-hybridized carbons (Fsp3) is 0.188. The summed E-state index contributed by atoms with van der Waals surface area (Å²) in [4.78, 5) is 13.7. The van der Waals surface area contributed by atoms with Gasteiger partial charge in [0.25, 0.3) is 0 Å². The summed E-state index contributed by atoms with van der Waals surface area (Å²) in [5.41, 5.74) is 7.41. The zero-order chi connectivity index (χ0) is 15.4. The number of nitrogens with two attached hydrogens (primary N) is 1. The van der Waals surface area contributed by atoms with Crippen molar-refractivity contribution in [3.05, 3.63) is 54.1 Å². The van der Waals surface area contributed by atoms with Crippen molar-refractivity contribution >= 4 is 11.6 Å². The summed E-state index contributed by atoms with van der Waals surface area (Å²) in [6.45, 7) is 0. The van der Waals surface area contributed by atoms with Crippen molar-refractivity contribution in [2.45, 2.75) is 12.5 Å². The number of amides is 1. The van der Waals surface area contributed by atoms with Gasteiger partial charge in [0.15, 0.2) is 11.5 Å². The SMILES string of the molecule is CN(C(=O)C(N)Cc1ccccc1)c1ccc(O)c(O)c1. The molecule has 0 bridgehead atoms. The molecule has 0 spiro atoms. The Balaban J connectivity index is 2.09. The topological polar surface area (TPSA) is 86.8 Å². The first kappa shape index (κ1) is 14.9. The van der Waals surface area contributed by atoms with Crippen molar-refractivity contribution in [2.24, 2.45) is 5.73 Å². The van der Waals surface area contributed by atoms with Crippen molar-refractivity contribution in [1.82, 2.24) is 0 Å². The number of benzene rings is 2. The molecule has 0 saturated carbocycles. The van der Waals surface area contributed by atoms with Crippen molar-refractivity contribution in [3.63, 3.8) is 0 Å². The molecule has 0 aliphatic carbocycles. The predicted octanol–water partition coefficient (Wildman–Crippen LogP) is 1.63. The van der Waals surface area contributed by atoms with E-state index >= 15 is 0 Å². The third-order valence-corrected chi connectivity index (χ3v) is 3.29. The summed E-state index contributed by atoms with van der Waals surface area (Å²) in [5, 5.41) is 18.8. The fourth-order valence-electron chi connectivity index (χ4n) is 2.05. The zero-order valence-electron chi connectivity index (χ0n) is 11.7. The molecular weight excluding hydrogens is 268 g/mol. The lowest BCUT2D eigenvalue weighted by atomic mass is 10.1. The number of likely N-dealkylation sites (N-methyl/N-ethyl adjacent to an activating group) is 1. The number of phenolic OH excluding ortho intramolecular Hbond substituents is 2. The maximum Gasteiger partial charge on any atom is 0.243 e. The molecule has 0 aromatic heterocycles. The average Bonchev–Trinajstić information content (AvgIpc) is 2.49. The van der Waals surface area contributed by atoms with Crippen molar-refractivity contribution in [2.75, 3.05) is 11.9 Å². The Hall–Kier alpha value is -2.53. The molecule has 4 N–H and O–H groups in total. The van der Waals surface area contributed by atoms with E-state index in [0.717, 1.165) is 5.56 Å². The predicted molar refractivity (Wildman–Crippen MR) is 81.3 cm³/mol. The third kappa shape index (κ3) is 3.52. The van der Waals surface area contributed by atoms with Crippen LogP contribution < -0.4 is 10.6 Å². The molecule has 1 atom stereocenters. The first-order chi connectivity index (χ1) is 9.99. The van der Waals surface area contributed by atoms with E-state index < -0.39 is 6.04 Å². The van der Waals surface area contributed by atoms with Crippen LogP contribution in [0.1, 0.15) is 5.56 Å². The van der Waals surface area contributed by atoms with Crippen LogP contribution in [0, 0.1) is 0 Å². The number of anilines is 1. The van der Waals surface area contributed by atoms with Gasteiger partial charge in [0.2, 0.25) is 5.91 Å². The van der Waals surface area contributed by atoms with Gasteiger partial charge in [-0.2, -0.15) is 0 Å². The lowest BCUT2D eigenvalue weighted by molar-refractivity contribution is -0.119. The number of carbonyl (C=O) groups is 1. The summed E-state index contributed by atoms with van der Waals surface area (Å²) in [7, 11) is 1.58. The summed E-state index contributed by atoms with van der Waals surface area (Å²) in [5.74, 6) is -0.763. The van der Waals surface area contributed by atoms with E-state index in [1.54, 1.807) is 13.1 Å². The largest absolute Gasteiger partial charge is 0.504 e. The Labute approximate surface area is 123 Å². The van der Waals surface area contributed by atoms with Gasteiger partial charge in [0.1, 0.15) is 0 Å². The quantitative estimate of drug-likeness (QED) is 0.746. The first-order valence-corrected chi connectivity index (χ1v) is 6.58. The van der Waals surface area contributed by atoms with E-state index in [0.29, 0.717) is 12.1 Å². The molecule has 110 valence electrons. The highest BCUT2D eigenvalue weighted by molar-refractivity contribution is 5.97. The van der Waals surface area contributed by atoms with Crippen LogP contribution in [-0.2, 0) is 11.2 Å². The lowest BCUT2D eigenvalue weighted by Crippen LogP contribution is -2.43. The Morgan fingerprint density at radius 1 is 1.14 bits per heavy atom. The Morgan fingerprint density at radius 3 is 2.43 bits per heavy atom. The Kier molecular flexibility index (Phi) is 4.45. The van der Waals surface area contributed by atoms with Crippen LogP contribution in [-0.4, -0.2) is 29.2 Å². The van der Waals surface area contributed by atoms with Gasteiger partial charge < -0.3 is 20.8 Å². The van der Waals surface area contributed by atoms with Crippen molar-refractivity contribution in [1.29, 1.82) is 0 Å². The minimum absolute atomic E-state index is 0.229. The molecule has 0 fully saturated rings. The highest BCUT2D eigenvalue weighted by Gasteiger charge is 2.20. The van der Waals surface area contributed by atoms with Crippen LogP contribution in [0.3, 0.4) is 0 Å². The Morgan fingerprint density at radius 2 is 1.81 bits per heavy atom. The van der Waals surface area contributed by atoms with Crippen LogP contribution in [0.4, 0.5) is 5.69 Å². The van der Waals surface area contributed by atoms with Crippen LogP contribution in [0.2, 0.25) is 0 Å². The molecule has 2 aromatic carbocycles. The molecule has 5 heteroatoms. The molecule has 1 amide bonds. The summed E-state index contributed by atoms with van der Waals surface area (Å²) in [6, 6.07) is 13.1. The van der Waals surface area contributed by atoms with Gasteiger partial charge in [0.05, 0.1) is 6.04 Å². The van der Waals surface area contributed by atoms with E-state index in [1.807, 2.05) is 30.3 Å². The lowest BCUT2D eigenvalue weighted by Gasteiger charge is -2.21. The molecule has 1 unspecified atom stereocenters. The Bertz CT molecular complexity index is 629. The van der Waals surface area contributed by atoms with Gasteiger partial charge >= 0.3 is 0 Å². The number of hydrogen-bond donors (Lipinski definition) is 3. The van der Waals surface area contributed by atoms with E-state index in [1.165, 1.54) is 17.0 Å². The van der Waals surface area contributed by atoms with Crippen molar-refractivity contribution in [3.8, 4) is 11.5 Å². The third-order valence-electron chi connectivity index (χ3n) is 3.29. The van der Waals surface area contributed by atoms with Gasteiger partial charge in [0, 0.05) is 18.8 Å². The van der Waals surface area contributed by atoms with E-state index in [2.05, 4.69) is 0 Å². The number of phenols is 2. The van der Waals surface area contributed by atoms with Gasteiger partial charge in [-0.15, -0.1) is 0 Å². The van der Waals surface area contributed by atoms with Crippen LogP contribution in [0.15, 0.2) is 48.5 Å². The molecule has 2 rings (SSSR count). The monoisotopic (exact) mass is 286 g/mol. The standard InChI is InChI=1S/C16H18N2O3/c1-18(12-7-8-14(19)15(20)10-12)16(21)13(17)9-11-5-3-2-4-6-11/h2-8,10,13,19-20H,9,17H2,1H3. The minimum Gasteiger partial charge on any atom is -0.504 e. The van der Waals surface area contributed by atoms with E-state index in [4.69, 9.17) is 5.73 Å². The molecule has 0 aliphatic heterocycles. The highest BCUT2D eigenvalue weighted by Crippen LogP contribution is 2.29. The summed E-state index contributed by atoms with van der Waals surface area (Å²) in [6.07, 6.45) is 0.439. The number of hydrogen-bond acceptors (Lipinski definition) is 4. The second kappa shape index (κ2) is 6.28. The van der Waals surface area contributed by atoms with Crippen LogP contribution in [0.5, 0.6) is 11.5 Å². The van der Waals surface area contributed by atoms with Gasteiger partial charge in [-0.25, -0.2) is 0 Å². The smallest absolute Gasteiger partial charge is 0.243 e. The zero-order valence-corrected chi connectivity index (χ0v) is 11.7. The van der Waals surface area contributed by atoms with Crippen molar-refractivity contribution < 1.29 is 15.0 Å². The summed E-state index contributed by atoms with van der Waals surface area (Å²) < 4.78 is 0.